The van der Waals surface area contributed by atoms with E-state index < -0.39 is 0 Å². The molecule has 1 nitrogen and oxygen atoms in total. The van der Waals surface area contributed by atoms with Gasteiger partial charge in [0.15, 0.2) is 0 Å². The van der Waals surface area contributed by atoms with Crippen molar-refractivity contribution in [2.75, 3.05) is 11.9 Å². The Morgan fingerprint density at radius 3 is 2.27 bits per heavy atom. The van der Waals surface area contributed by atoms with Gasteiger partial charge in [0.05, 0.1) is 0 Å². The highest BCUT2D eigenvalue weighted by atomic mass is 14.8. The Hall–Kier alpha value is -0.980. The molecule has 0 atom stereocenters. The van der Waals surface area contributed by atoms with Crippen molar-refractivity contribution in [3.8, 4) is 0 Å². The van der Waals surface area contributed by atoms with Crippen LogP contribution in [-0.2, 0) is 6.42 Å². The predicted molar refractivity (Wildman–Crippen MR) is 68.5 cm³/mol. The van der Waals surface area contributed by atoms with Crippen molar-refractivity contribution in [3.05, 3.63) is 29.8 Å². The smallest absolute Gasteiger partial charge is 0.0340 e. The topological polar surface area (TPSA) is 12.0 Å². The van der Waals surface area contributed by atoms with Crippen LogP contribution in [0.15, 0.2) is 24.3 Å². The van der Waals surface area contributed by atoms with Crippen LogP contribution >= 0.6 is 0 Å². The number of benzene rings is 1. The van der Waals surface area contributed by atoms with Gasteiger partial charge in [-0.3, -0.25) is 0 Å². The maximum absolute atomic E-state index is 3.31. The van der Waals surface area contributed by atoms with Gasteiger partial charge < -0.3 is 5.32 Å². The van der Waals surface area contributed by atoms with Crippen LogP contribution in [0.1, 0.15) is 45.1 Å². The van der Waals surface area contributed by atoms with Gasteiger partial charge in [0, 0.05) is 12.2 Å². The molecule has 0 aliphatic rings. The Kier molecular flexibility index (Phi) is 5.91. The van der Waals surface area contributed by atoms with Crippen LogP contribution in [-0.4, -0.2) is 6.54 Å². The number of hydrogen-bond donors (Lipinski definition) is 1. The van der Waals surface area contributed by atoms with Crippen LogP contribution in [0.25, 0.3) is 0 Å². The van der Waals surface area contributed by atoms with Crippen molar-refractivity contribution in [1.29, 1.82) is 0 Å². The van der Waals surface area contributed by atoms with Gasteiger partial charge in [-0.1, -0.05) is 38.3 Å². The van der Waals surface area contributed by atoms with E-state index in [1.165, 1.54) is 43.4 Å². The summed E-state index contributed by atoms with van der Waals surface area (Å²) in [7, 11) is 0. The van der Waals surface area contributed by atoms with E-state index in [1.807, 2.05) is 0 Å². The van der Waals surface area contributed by atoms with Gasteiger partial charge in [0.25, 0.3) is 0 Å². The van der Waals surface area contributed by atoms with Gasteiger partial charge >= 0.3 is 0 Å². The molecule has 15 heavy (non-hydrogen) atoms. The lowest BCUT2D eigenvalue weighted by molar-refractivity contribution is 0.667. The highest BCUT2D eigenvalue weighted by Crippen LogP contribution is 2.12. The normalized spacial score (nSPS) is 10.3. The van der Waals surface area contributed by atoms with E-state index in [1.54, 1.807) is 0 Å². The summed E-state index contributed by atoms with van der Waals surface area (Å²) in [6.45, 7) is 5.37. The molecule has 0 aliphatic heterocycles. The average molecular weight is 205 g/mol. The lowest BCUT2D eigenvalue weighted by Crippen LogP contribution is -1.96. The fourth-order valence-electron chi connectivity index (χ4n) is 1.75. The molecule has 0 aliphatic carbocycles. The highest BCUT2D eigenvalue weighted by Gasteiger charge is 1.94. The Morgan fingerprint density at radius 2 is 1.67 bits per heavy atom. The first-order chi connectivity index (χ1) is 7.36. The summed E-state index contributed by atoms with van der Waals surface area (Å²) in [5, 5.41) is 3.31. The summed E-state index contributed by atoms with van der Waals surface area (Å²) in [4.78, 5) is 0. The fourth-order valence-corrected chi connectivity index (χ4v) is 1.75. The molecule has 0 aromatic heterocycles. The van der Waals surface area contributed by atoms with Crippen molar-refractivity contribution in [1.82, 2.24) is 0 Å². The lowest BCUT2D eigenvalue weighted by Gasteiger charge is -2.05. The van der Waals surface area contributed by atoms with Crippen molar-refractivity contribution < 1.29 is 0 Å². The van der Waals surface area contributed by atoms with Crippen LogP contribution in [0.5, 0.6) is 0 Å². The van der Waals surface area contributed by atoms with E-state index >= 15 is 0 Å². The summed E-state index contributed by atoms with van der Waals surface area (Å²) in [5.74, 6) is 0. The minimum atomic E-state index is 0.996. The first-order valence-corrected chi connectivity index (χ1v) is 6.19. The van der Waals surface area contributed by atoms with Crippen LogP contribution in [0.2, 0.25) is 0 Å². The summed E-state index contributed by atoms with van der Waals surface area (Å²) in [6.07, 6.45) is 6.61. The molecule has 84 valence electrons. The molecule has 0 saturated carbocycles. The molecule has 1 aromatic rings. The second-order valence-electron chi connectivity index (χ2n) is 4.04. The summed E-state index contributed by atoms with van der Waals surface area (Å²) < 4.78 is 0. The SMILES string of the molecule is CCCCCCc1ccc(NCC)cc1. The molecule has 0 fully saturated rings. The quantitative estimate of drug-likeness (QED) is 0.656. The Bertz CT molecular complexity index is 251. The van der Waals surface area contributed by atoms with E-state index in [0.717, 1.165) is 6.54 Å². The monoisotopic (exact) mass is 205 g/mol. The van der Waals surface area contributed by atoms with Gasteiger partial charge in [-0.25, -0.2) is 0 Å². The Morgan fingerprint density at radius 1 is 0.933 bits per heavy atom. The van der Waals surface area contributed by atoms with Crippen LogP contribution in [0.3, 0.4) is 0 Å². The standard InChI is InChI=1S/C14H23N/c1-3-5-6-7-8-13-9-11-14(12-10-13)15-4-2/h9-12,15H,3-8H2,1-2H3. The largest absolute Gasteiger partial charge is 0.385 e. The maximum Gasteiger partial charge on any atom is 0.0340 e. The summed E-state index contributed by atoms with van der Waals surface area (Å²) in [5.41, 5.74) is 2.70. The van der Waals surface area contributed by atoms with Crippen molar-refractivity contribution in [3.63, 3.8) is 0 Å². The van der Waals surface area contributed by atoms with Gasteiger partial charge in [0.1, 0.15) is 0 Å². The van der Waals surface area contributed by atoms with E-state index in [4.69, 9.17) is 0 Å². The van der Waals surface area contributed by atoms with Crippen LogP contribution in [0, 0.1) is 0 Å². The first kappa shape index (κ1) is 12.1. The molecule has 1 aromatic carbocycles. The molecule has 0 radical (unpaired) electrons. The lowest BCUT2D eigenvalue weighted by atomic mass is 10.1. The maximum atomic E-state index is 3.31. The number of unbranched alkanes of at least 4 members (excludes halogenated alkanes) is 3. The number of anilines is 1. The summed E-state index contributed by atoms with van der Waals surface area (Å²) >= 11 is 0. The van der Waals surface area contributed by atoms with E-state index in [-0.39, 0.29) is 0 Å². The molecule has 0 bridgehead atoms. The molecule has 1 heteroatoms. The van der Waals surface area contributed by atoms with Crippen LogP contribution < -0.4 is 5.32 Å². The molecule has 1 N–H and O–H groups in total. The van der Waals surface area contributed by atoms with Gasteiger partial charge in [-0.2, -0.15) is 0 Å². The zero-order valence-corrected chi connectivity index (χ0v) is 10.1. The zero-order valence-electron chi connectivity index (χ0n) is 10.1. The second-order valence-corrected chi connectivity index (χ2v) is 4.04. The third-order valence-electron chi connectivity index (χ3n) is 2.65. The van der Waals surface area contributed by atoms with Crippen LogP contribution in [0.4, 0.5) is 5.69 Å². The molecule has 0 unspecified atom stereocenters. The van der Waals surface area contributed by atoms with Gasteiger partial charge in [0.2, 0.25) is 0 Å². The second kappa shape index (κ2) is 7.33. The van der Waals surface area contributed by atoms with E-state index in [0.29, 0.717) is 0 Å². The molecular weight excluding hydrogens is 182 g/mol. The zero-order chi connectivity index (χ0) is 10.9. The third-order valence-corrected chi connectivity index (χ3v) is 2.65. The van der Waals surface area contributed by atoms with Gasteiger partial charge in [-0.15, -0.1) is 0 Å². The molecule has 0 amide bonds. The molecule has 0 saturated heterocycles. The number of rotatable bonds is 7. The number of nitrogens with one attached hydrogen (secondary N) is 1. The van der Waals surface area contributed by atoms with Crippen molar-refractivity contribution in [2.45, 2.75) is 46.0 Å². The highest BCUT2D eigenvalue weighted by molar-refractivity contribution is 5.44. The molecule has 0 heterocycles. The Balaban J connectivity index is 2.29. The van der Waals surface area contributed by atoms with Gasteiger partial charge in [-0.05, 0) is 37.5 Å². The minimum Gasteiger partial charge on any atom is -0.385 e. The van der Waals surface area contributed by atoms with Crippen molar-refractivity contribution in [2.24, 2.45) is 0 Å². The van der Waals surface area contributed by atoms with E-state index in [2.05, 4.69) is 43.4 Å². The minimum absolute atomic E-state index is 0.996. The summed E-state index contributed by atoms with van der Waals surface area (Å²) in [6, 6.07) is 8.84. The first-order valence-electron chi connectivity index (χ1n) is 6.19. The molecule has 0 spiro atoms. The van der Waals surface area contributed by atoms with Crippen molar-refractivity contribution >= 4 is 5.69 Å². The van der Waals surface area contributed by atoms with E-state index in [9.17, 15) is 0 Å². The number of aryl methyl sites for hydroxylation is 1. The molecule has 1 rings (SSSR count). The fraction of sp³-hybridized carbons (Fsp3) is 0.571. The molecular formula is C14H23N. The Labute approximate surface area is 93.9 Å². The third kappa shape index (κ3) is 4.87. The number of hydrogen-bond acceptors (Lipinski definition) is 1. The predicted octanol–water partition coefficient (Wildman–Crippen LogP) is 4.24. The average Bonchev–Trinajstić information content (AvgIpc) is 2.27.